The summed E-state index contributed by atoms with van der Waals surface area (Å²) in [4.78, 5) is 14.4. The van der Waals surface area contributed by atoms with Crippen molar-refractivity contribution in [2.45, 2.75) is 0 Å². The maximum atomic E-state index is 5.30. The topological polar surface area (TPSA) is 41.6 Å². The van der Waals surface area contributed by atoms with Gasteiger partial charge in [-0.1, -0.05) is 200 Å². The molecule has 0 aliphatic carbocycles. The largest absolute Gasteiger partial charge is 0.354 e. The zero-order chi connectivity index (χ0) is 42.8. The van der Waals surface area contributed by atoms with Gasteiger partial charge in [0.2, 0.25) is 0 Å². The molecule has 2 aromatic heterocycles. The number of hydrogen-bond acceptors (Lipinski definition) is 2. The van der Waals surface area contributed by atoms with Gasteiger partial charge >= 0.3 is 0 Å². The third-order valence-electron chi connectivity index (χ3n) is 13.2. The van der Waals surface area contributed by atoms with E-state index in [2.05, 4.69) is 236 Å². The van der Waals surface area contributed by atoms with Crippen LogP contribution in [0.5, 0.6) is 0 Å². The van der Waals surface area contributed by atoms with Gasteiger partial charge in [-0.25, -0.2) is 9.97 Å². The van der Waals surface area contributed by atoms with E-state index in [0.717, 1.165) is 50.2 Å². The van der Waals surface area contributed by atoms with Crippen LogP contribution in [0.1, 0.15) is 0 Å². The Labute approximate surface area is 376 Å². The lowest BCUT2D eigenvalue weighted by molar-refractivity contribution is 1.18. The molecule has 0 aliphatic heterocycles. The van der Waals surface area contributed by atoms with Crippen LogP contribution in [0.3, 0.4) is 0 Å². The highest BCUT2D eigenvalue weighted by Crippen LogP contribution is 2.40. The number of aromatic nitrogens is 3. The highest BCUT2D eigenvalue weighted by molar-refractivity contribution is 6.24. The summed E-state index contributed by atoms with van der Waals surface area (Å²) in [5, 5.41) is 12.3. The zero-order valence-corrected chi connectivity index (χ0v) is 35.3. The molecule has 0 aliphatic rings. The minimum absolute atomic E-state index is 0.687. The van der Waals surface area contributed by atoms with Gasteiger partial charge in [0.25, 0.3) is 0 Å². The smallest absolute Gasteiger partial charge is 0.160 e. The molecule has 0 unspecified atom stereocenters. The molecule has 0 bridgehead atoms. The van der Waals surface area contributed by atoms with Crippen LogP contribution >= 0.6 is 0 Å². The number of nitrogens with zero attached hydrogens (tertiary/aromatic N) is 2. The standard InChI is InChI=1S/C62H39N3/c1-2-11-39(12-3-1)45-31-33-52-47(35-45)29-30-48-36-49(32-34-53(48)52)59-38-58(64-62(65-59)44-27-23-41(24-28-44)51-19-10-15-40-13-4-6-16-50(40)51)43-25-21-42(22-26-43)56-37-46-14-5-7-17-54(46)60-55-18-8-9-20-57(55)63-61(56)60/h1-38,63H. The monoisotopic (exact) mass is 825 g/mol. The molecule has 0 fully saturated rings. The van der Waals surface area contributed by atoms with E-state index in [1.54, 1.807) is 0 Å². The summed E-state index contributed by atoms with van der Waals surface area (Å²) in [6.07, 6.45) is 0. The van der Waals surface area contributed by atoms with Crippen LogP contribution in [0.4, 0.5) is 0 Å². The van der Waals surface area contributed by atoms with Crippen LogP contribution in [-0.4, -0.2) is 15.0 Å². The summed E-state index contributed by atoms with van der Waals surface area (Å²) in [5.74, 6) is 0.687. The summed E-state index contributed by atoms with van der Waals surface area (Å²) in [7, 11) is 0. The van der Waals surface area contributed by atoms with Crippen LogP contribution in [-0.2, 0) is 0 Å². The number of nitrogens with one attached hydrogen (secondary N) is 1. The molecule has 0 amide bonds. The van der Waals surface area contributed by atoms with E-state index < -0.39 is 0 Å². The molecule has 302 valence electrons. The van der Waals surface area contributed by atoms with Crippen molar-refractivity contribution < 1.29 is 0 Å². The molecule has 2 heterocycles. The van der Waals surface area contributed by atoms with Crippen molar-refractivity contribution in [3.05, 3.63) is 231 Å². The van der Waals surface area contributed by atoms with Gasteiger partial charge in [-0.15, -0.1) is 0 Å². The first-order valence-electron chi connectivity index (χ1n) is 22.2. The minimum Gasteiger partial charge on any atom is -0.354 e. The summed E-state index contributed by atoms with van der Waals surface area (Å²) in [6.45, 7) is 0. The molecule has 13 rings (SSSR count). The van der Waals surface area contributed by atoms with E-state index in [1.807, 2.05) is 0 Å². The number of benzene rings is 11. The molecule has 65 heavy (non-hydrogen) atoms. The van der Waals surface area contributed by atoms with Crippen LogP contribution in [0.2, 0.25) is 0 Å². The summed E-state index contributed by atoms with van der Waals surface area (Å²) >= 11 is 0. The van der Waals surface area contributed by atoms with Gasteiger partial charge in [-0.05, 0) is 101 Å². The van der Waals surface area contributed by atoms with E-state index >= 15 is 0 Å². The molecule has 0 saturated carbocycles. The molecule has 3 nitrogen and oxygen atoms in total. The molecular weight excluding hydrogens is 787 g/mol. The van der Waals surface area contributed by atoms with Crippen LogP contribution < -0.4 is 0 Å². The Kier molecular flexibility index (Phi) is 8.53. The van der Waals surface area contributed by atoms with E-state index in [-0.39, 0.29) is 0 Å². The van der Waals surface area contributed by atoms with E-state index in [4.69, 9.17) is 9.97 Å². The van der Waals surface area contributed by atoms with Crippen LogP contribution in [0.25, 0.3) is 132 Å². The minimum atomic E-state index is 0.687. The molecule has 13 aromatic rings. The van der Waals surface area contributed by atoms with Gasteiger partial charge in [0.1, 0.15) is 0 Å². The Morgan fingerprint density at radius 3 is 1.58 bits per heavy atom. The predicted octanol–water partition coefficient (Wildman–Crippen LogP) is 16.7. The Bertz CT molecular complexity index is 3970. The molecule has 0 atom stereocenters. The van der Waals surface area contributed by atoms with Crippen molar-refractivity contribution in [1.82, 2.24) is 15.0 Å². The predicted molar refractivity (Wildman–Crippen MR) is 274 cm³/mol. The lowest BCUT2D eigenvalue weighted by Gasteiger charge is -2.13. The molecule has 0 radical (unpaired) electrons. The van der Waals surface area contributed by atoms with Gasteiger partial charge < -0.3 is 4.98 Å². The van der Waals surface area contributed by atoms with Crippen LogP contribution in [0.15, 0.2) is 231 Å². The van der Waals surface area contributed by atoms with Crippen molar-refractivity contribution in [1.29, 1.82) is 0 Å². The zero-order valence-electron chi connectivity index (χ0n) is 35.3. The number of aromatic amines is 1. The van der Waals surface area contributed by atoms with Gasteiger partial charge in [0.05, 0.1) is 16.9 Å². The van der Waals surface area contributed by atoms with Crippen molar-refractivity contribution >= 4 is 64.9 Å². The number of para-hydroxylation sites is 1. The van der Waals surface area contributed by atoms with Crippen LogP contribution in [0, 0.1) is 0 Å². The first-order chi connectivity index (χ1) is 32.2. The first-order valence-corrected chi connectivity index (χ1v) is 22.2. The molecule has 3 heteroatoms. The Morgan fingerprint density at radius 1 is 0.277 bits per heavy atom. The fourth-order valence-corrected chi connectivity index (χ4v) is 9.94. The normalized spacial score (nSPS) is 11.7. The van der Waals surface area contributed by atoms with Gasteiger partial charge in [-0.3, -0.25) is 0 Å². The second kappa shape index (κ2) is 15.0. The number of fused-ring (bicyclic) bond motifs is 9. The maximum absolute atomic E-state index is 5.30. The number of hydrogen-bond donors (Lipinski definition) is 1. The quantitative estimate of drug-likeness (QED) is 0.170. The first kappa shape index (κ1) is 36.9. The maximum Gasteiger partial charge on any atom is 0.160 e. The summed E-state index contributed by atoms with van der Waals surface area (Å²) in [6, 6.07) is 82.9. The average Bonchev–Trinajstić information content (AvgIpc) is 3.78. The van der Waals surface area contributed by atoms with Crippen molar-refractivity contribution in [3.63, 3.8) is 0 Å². The molecule has 1 N–H and O–H groups in total. The third kappa shape index (κ3) is 6.36. The molecular formula is C62H39N3. The molecule has 0 saturated heterocycles. The number of rotatable bonds is 6. The van der Waals surface area contributed by atoms with Gasteiger partial charge in [-0.2, -0.15) is 0 Å². The highest BCUT2D eigenvalue weighted by atomic mass is 14.9. The second-order valence-electron chi connectivity index (χ2n) is 17.0. The van der Waals surface area contributed by atoms with E-state index in [1.165, 1.54) is 76.1 Å². The molecule has 0 spiro atoms. The fraction of sp³-hybridized carbons (Fsp3) is 0. The van der Waals surface area contributed by atoms with E-state index in [0.29, 0.717) is 5.82 Å². The Hall–Kier alpha value is -8.66. The lowest BCUT2D eigenvalue weighted by atomic mass is 9.95. The number of H-pyrrole nitrogens is 1. The summed E-state index contributed by atoms with van der Waals surface area (Å²) in [5.41, 5.74) is 14.2. The lowest BCUT2D eigenvalue weighted by Crippen LogP contribution is -1.96. The van der Waals surface area contributed by atoms with Gasteiger partial charge in [0.15, 0.2) is 5.82 Å². The second-order valence-corrected chi connectivity index (χ2v) is 17.0. The third-order valence-corrected chi connectivity index (χ3v) is 13.2. The van der Waals surface area contributed by atoms with Crippen molar-refractivity contribution in [3.8, 4) is 67.3 Å². The SMILES string of the molecule is c1ccc(-c2ccc3c(ccc4cc(-c5cc(-c6ccc(-c7cc8ccccc8c8c7[nH]c7ccccc78)cc6)nc(-c6ccc(-c7cccc8ccccc78)cc6)n5)ccc43)c2)cc1. The Morgan fingerprint density at radius 2 is 0.815 bits per heavy atom. The van der Waals surface area contributed by atoms with Crippen molar-refractivity contribution in [2.24, 2.45) is 0 Å². The average molecular weight is 826 g/mol. The van der Waals surface area contributed by atoms with Crippen molar-refractivity contribution in [2.75, 3.05) is 0 Å². The fourth-order valence-electron chi connectivity index (χ4n) is 9.94. The highest BCUT2D eigenvalue weighted by Gasteiger charge is 2.17. The summed E-state index contributed by atoms with van der Waals surface area (Å²) < 4.78 is 0. The Balaban J connectivity index is 0.925. The van der Waals surface area contributed by atoms with Gasteiger partial charge in [0, 0.05) is 38.5 Å². The van der Waals surface area contributed by atoms with E-state index in [9.17, 15) is 0 Å². The molecule has 11 aromatic carbocycles.